The number of aromatic nitrogens is 2. The number of nitrogens with zero attached hydrogens (tertiary/aromatic N) is 3. The van der Waals surface area contributed by atoms with Crippen molar-refractivity contribution >= 4 is 10.0 Å². The lowest BCUT2D eigenvalue weighted by atomic mass is 10.1. The highest BCUT2D eigenvalue weighted by atomic mass is 32.2. The Labute approximate surface area is 164 Å². The van der Waals surface area contributed by atoms with Gasteiger partial charge in [0.15, 0.2) is 5.82 Å². The molecule has 0 bridgehead atoms. The van der Waals surface area contributed by atoms with Crippen LogP contribution in [-0.2, 0) is 21.4 Å². The molecule has 0 N–H and O–H groups in total. The van der Waals surface area contributed by atoms with Crippen molar-refractivity contribution in [3.05, 3.63) is 36.0 Å². The van der Waals surface area contributed by atoms with Crippen molar-refractivity contribution in [1.29, 1.82) is 0 Å². The largest absolute Gasteiger partial charge is 0.494 e. The summed E-state index contributed by atoms with van der Waals surface area (Å²) in [6.07, 6.45) is 3.52. The number of sulfonamides is 1. The molecule has 2 fully saturated rings. The molecule has 2 aliphatic rings. The van der Waals surface area contributed by atoms with Crippen molar-refractivity contribution in [1.82, 2.24) is 14.4 Å². The van der Waals surface area contributed by atoms with Crippen LogP contribution in [0, 0.1) is 0 Å². The number of hydrogen-bond acceptors (Lipinski definition) is 7. The van der Waals surface area contributed by atoms with E-state index in [2.05, 4.69) is 10.1 Å². The van der Waals surface area contributed by atoms with Gasteiger partial charge in [0.25, 0.3) is 5.89 Å². The van der Waals surface area contributed by atoms with Gasteiger partial charge in [0, 0.05) is 19.0 Å². The summed E-state index contributed by atoms with van der Waals surface area (Å²) in [6.45, 7) is 3.57. The van der Waals surface area contributed by atoms with Gasteiger partial charge in [-0.3, -0.25) is 0 Å². The van der Waals surface area contributed by atoms with E-state index in [0.717, 1.165) is 18.7 Å². The van der Waals surface area contributed by atoms with Crippen molar-refractivity contribution in [3.63, 3.8) is 0 Å². The third-order valence-corrected chi connectivity index (χ3v) is 6.96. The van der Waals surface area contributed by atoms with E-state index in [-0.39, 0.29) is 17.6 Å². The first-order valence-corrected chi connectivity index (χ1v) is 11.2. The van der Waals surface area contributed by atoms with Crippen LogP contribution in [0.5, 0.6) is 5.75 Å². The minimum atomic E-state index is -3.50. The van der Waals surface area contributed by atoms with E-state index in [9.17, 15) is 8.42 Å². The van der Waals surface area contributed by atoms with Crippen molar-refractivity contribution in [2.24, 2.45) is 0 Å². The molecule has 1 aromatic heterocycles. The molecule has 1 aliphatic heterocycles. The number of piperidine rings is 1. The Hall–Kier alpha value is -1.97. The lowest BCUT2D eigenvalue weighted by molar-refractivity contribution is -0.00119. The minimum Gasteiger partial charge on any atom is -0.494 e. The SMILES string of the molecule is CCOc1ccc(S(=O)(=O)N2CCC(OCc3nc(C4CC4)no3)CC2)cc1. The molecule has 9 heteroatoms. The van der Waals surface area contributed by atoms with E-state index in [1.807, 2.05) is 6.92 Å². The van der Waals surface area contributed by atoms with Crippen LogP contribution in [0.2, 0.25) is 0 Å². The Bertz CT molecular complexity index is 885. The van der Waals surface area contributed by atoms with Crippen molar-refractivity contribution in [3.8, 4) is 5.75 Å². The number of rotatable bonds is 8. The molecule has 0 amide bonds. The normalized spacial score (nSPS) is 19.0. The summed E-state index contributed by atoms with van der Waals surface area (Å²) >= 11 is 0. The maximum absolute atomic E-state index is 12.8. The third kappa shape index (κ3) is 4.37. The molecule has 152 valence electrons. The predicted molar refractivity (Wildman–Crippen MR) is 100 cm³/mol. The van der Waals surface area contributed by atoms with E-state index in [0.29, 0.717) is 50.1 Å². The molecule has 0 radical (unpaired) electrons. The fourth-order valence-electron chi connectivity index (χ4n) is 3.29. The minimum absolute atomic E-state index is 0.0111. The monoisotopic (exact) mass is 407 g/mol. The van der Waals surface area contributed by atoms with Gasteiger partial charge >= 0.3 is 0 Å². The fourth-order valence-corrected chi connectivity index (χ4v) is 4.76. The van der Waals surface area contributed by atoms with E-state index in [4.69, 9.17) is 14.0 Å². The van der Waals surface area contributed by atoms with Crippen LogP contribution in [0.15, 0.2) is 33.7 Å². The molecule has 1 saturated carbocycles. The van der Waals surface area contributed by atoms with Crippen LogP contribution >= 0.6 is 0 Å². The summed E-state index contributed by atoms with van der Waals surface area (Å²) in [5.41, 5.74) is 0. The van der Waals surface area contributed by atoms with E-state index < -0.39 is 10.0 Å². The summed E-state index contributed by atoms with van der Waals surface area (Å²) in [5, 5.41) is 3.98. The number of hydrogen-bond donors (Lipinski definition) is 0. The van der Waals surface area contributed by atoms with Gasteiger partial charge in [-0.15, -0.1) is 0 Å². The predicted octanol–water partition coefficient (Wildman–Crippen LogP) is 2.72. The highest BCUT2D eigenvalue weighted by Gasteiger charge is 2.31. The zero-order valence-corrected chi connectivity index (χ0v) is 16.7. The quantitative estimate of drug-likeness (QED) is 0.664. The average molecular weight is 407 g/mol. The fraction of sp³-hybridized carbons (Fsp3) is 0.579. The Balaban J connectivity index is 1.28. The summed E-state index contributed by atoms with van der Waals surface area (Å²) in [4.78, 5) is 4.64. The third-order valence-electron chi connectivity index (χ3n) is 5.04. The molecular weight excluding hydrogens is 382 g/mol. The number of ether oxygens (including phenoxy) is 2. The van der Waals surface area contributed by atoms with Crippen LogP contribution in [0.1, 0.15) is 50.2 Å². The van der Waals surface area contributed by atoms with Gasteiger partial charge < -0.3 is 14.0 Å². The molecule has 1 aromatic carbocycles. The van der Waals surface area contributed by atoms with E-state index in [1.54, 1.807) is 24.3 Å². The van der Waals surface area contributed by atoms with Gasteiger partial charge in [-0.1, -0.05) is 5.16 Å². The second kappa shape index (κ2) is 8.18. The van der Waals surface area contributed by atoms with Crippen LogP contribution in [0.25, 0.3) is 0 Å². The van der Waals surface area contributed by atoms with Gasteiger partial charge in [-0.05, 0) is 56.9 Å². The average Bonchev–Trinajstić information content (AvgIpc) is 3.45. The lowest BCUT2D eigenvalue weighted by Gasteiger charge is -2.30. The summed E-state index contributed by atoms with van der Waals surface area (Å²) < 4.78 is 43.6. The van der Waals surface area contributed by atoms with E-state index in [1.165, 1.54) is 4.31 Å². The molecule has 2 aromatic rings. The van der Waals surface area contributed by atoms with Crippen LogP contribution in [0.4, 0.5) is 0 Å². The first-order valence-electron chi connectivity index (χ1n) is 9.73. The lowest BCUT2D eigenvalue weighted by Crippen LogP contribution is -2.40. The first kappa shape index (κ1) is 19.4. The highest BCUT2D eigenvalue weighted by molar-refractivity contribution is 7.89. The van der Waals surface area contributed by atoms with Gasteiger partial charge in [-0.2, -0.15) is 9.29 Å². The van der Waals surface area contributed by atoms with Crippen LogP contribution < -0.4 is 4.74 Å². The Morgan fingerprint density at radius 1 is 1.14 bits per heavy atom. The van der Waals surface area contributed by atoms with Crippen molar-refractivity contribution < 1.29 is 22.4 Å². The van der Waals surface area contributed by atoms with Crippen LogP contribution in [0.3, 0.4) is 0 Å². The molecule has 1 aliphatic carbocycles. The second-order valence-electron chi connectivity index (χ2n) is 7.14. The van der Waals surface area contributed by atoms with Crippen molar-refractivity contribution in [2.75, 3.05) is 19.7 Å². The molecule has 28 heavy (non-hydrogen) atoms. The molecule has 8 nitrogen and oxygen atoms in total. The Morgan fingerprint density at radius 3 is 2.50 bits per heavy atom. The molecule has 4 rings (SSSR count). The highest BCUT2D eigenvalue weighted by Crippen LogP contribution is 2.38. The molecule has 0 spiro atoms. The zero-order chi connectivity index (χ0) is 19.6. The number of benzene rings is 1. The second-order valence-corrected chi connectivity index (χ2v) is 9.08. The Kier molecular flexibility index (Phi) is 5.65. The van der Waals surface area contributed by atoms with Gasteiger partial charge in [0.2, 0.25) is 10.0 Å². The molecule has 0 atom stereocenters. The van der Waals surface area contributed by atoms with Crippen molar-refractivity contribution in [2.45, 2.75) is 56.1 Å². The van der Waals surface area contributed by atoms with E-state index >= 15 is 0 Å². The van der Waals surface area contributed by atoms with Crippen LogP contribution in [-0.4, -0.2) is 48.7 Å². The maximum atomic E-state index is 12.8. The van der Waals surface area contributed by atoms with Gasteiger partial charge in [0.05, 0.1) is 17.6 Å². The molecular formula is C19H25N3O5S. The topological polar surface area (TPSA) is 94.8 Å². The molecule has 2 heterocycles. The summed E-state index contributed by atoms with van der Waals surface area (Å²) in [6, 6.07) is 6.56. The Morgan fingerprint density at radius 2 is 1.86 bits per heavy atom. The first-order chi connectivity index (χ1) is 13.6. The van der Waals surface area contributed by atoms with Gasteiger partial charge in [-0.25, -0.2) is 8.42 Å². The summed E-state index contributed by atoms with van der Waals surface area (Å²) in [5.74, 6) is 2.38. The standard InChI is InChI=1S/C19H25N3O5S/c1-2-25-15-5-7-17(8-6-15)28(23,24)22-11-9-16(10-12-22)26-13-18-20-19(21-27-18)14-3-4-14/h5-8,14,16H,2-4,9-13H2,1H3. The molecule has 0 unspecified atom stereocenters. The summed E-state index contributed by atoms with van der Waals surface area (Å²) in [7, 11) is -3.50. The van der Waals surface area contributed by atoms with Gasteiger partial charge in [0.1, 0.15) is 12.4 Å². The molecule has 1 saturated heterocycles. The maximum Gasteiger partial charge on any atom is 0.252 e. The zero-order valence-electron chi connectivity index (χ0n) is 15.9. The smallest absolute Gasteiger partial charge is 0.252 e.